The number of rotatable bonds is 4. The van der Waals surface area contributed by atoms with Crippen molar-refractivity contribution in [2.45, 2.75) is 25.7 Å². The summed E-state index contributed by atoms with van der Waals surface area (Å²) in [5.41, 5.74) is 3.93. The molecule has 1 atom stereocenters. The Hall–Kier alpha value is -3.31. The van der Waals surface area contributed by atoms with E-state index < -0.39 is 9.73 Å². The smallest absolute Gasteiger partial charge is 0.237 e. The summed E-state index contributed by atoms with van der Waals surface area (Å²) in [6, 6.07) is 8.80. The fourth-order valence-electron chi connectivity index (χ4n) is 2.86. The summed E-state index contributed by atoms with van der Waals surface area (Å²) < 4.78 is 26.5. The normalized spacial score (nSPS) is 12.8. The van der Waals surface area contributed by atoms with E-state index in [2.05, 4.69) is 15.0 Å². The van der Waals surface area contributed by atoms with Gasteiger partial charge in [-0.2, -0.15) is 5.26 Å². The molecule has 0 aliphatic carbocycles. The third-order valence-electron chi connectivity index (χ3n) is 4.06. The molecule has 0 saturated carbocycles. The lowest BCUT2D eigenvalue weighted by Gasteiger charge is -2.15. The van der Waals surface area contributed by atoms with Crippen LogP contribution in [0.5, 0.6) is 11.6 Å². The number of nitrogens with zero attached hydrogens (tertiary/aromatic N) is 4. The molecular weight excluding hydrogens is 374 g/mol. The van der Waals surface area contributed by atoms with E-state index in [1.54, 1.807) is 24.4 Å². The highest BCUT2D eigenvalue weighted by Crippen LogP contribution is 2.33. The number of nitriles is 1. The van der Waals surface area contributed by atoms with E-state index in [4.69, 9.17) is 14.8 Å². The Kier molecular flexibility index (Phi) is 5.12. The third kappa shape index (κ3) is 4.00. The minimum Gasteiger partial charge on any atom is -0.436 e. The summed E-state index contributed by atoms with van der Waals surface area (Å²) in [5.74, 6) is 0.600. The average Bonchev–Trinajstić information content (AvgIpc) is 2.63. The topological polar surface area (TPSA) is 113 Å². The molecule has 7 nitrogen and oxygen atoms in total. The summed E-state index contributed by atoms with van der Waals surface area (Å²) in [5, 5.41) is 9.09. The first-order chi connectivity index (χ1) is 13.2. The Balaban J connectivity index is 2.16. The highest BCUT2D eigenvalue weighted by Gasteiger charge is 2.18. The van der Waals surface area contributed by atoms with Crippen molar-refractivity contribution in [3.63, 3.8) is 0 Å². The summed E-state index contributed by atoms with van der Waals surface area (Å²) in [4.78, 5) is 13.1. The first kappa shape index (κ1) is 19.5. The second-order valence-corrected chi connectivity index (χ2v) is 8.64. The maximum Gasteiger partial charge on any atom is 0.237 e. The number of aromatic nitrogens is 3. The van der Waals surface area contributed by atoms with Gasteiger partial charge in [0.2, 0.25) is 5.88 Å². The van der Waals surface area contributed by atoms with Crippen LogP contribution in [0, 0.1) is 36.9 Å². The van der Waals surface area contributed by atoms with Crippen LogP contribution >= 0.6 is 0 Å². The molecule has 142 valence electrons. The molecule has 0 saturated heterocycles. The van der Waals surface area contributed by atoms with Gasteiger partial charge in [-0.05, 0) is 50.6 Å². The molecule has 3 aromatic rings. The molecule has 0 amide bonds. The molecule has 0 spiro atoms. The van der Waals surface area contributed by atoms with Gasteiger partial charge in [-0.25, -0.2) is 14.0 Å². The lowest BCUT2D eigenvalue weighted by atomic mass is 10.1. The Morgan fingerprint density at radius 2 is 1.89 bits per heavy atom. The van der Waals surface area contributed by atoms with Gasteiger partial charge in [-0.15, -0.1) is 0 Å². The van der Waals surface area contributed by atoms with Crippen molar-refractivity contribution >= 4 is 9.73 Å². The van der Waals surface area contributed by atoms with Crippen LogP contribution < -0.4 is 4.74 Å². The molecule has 3 heterocycles. The van der Waals surface area contributed by atoms with Crippen molar-refractivity contribution in [1.29, 1.82) is 10.0 Å². The third-order valence-corrected chi connectivity index (χ3v) is 5.21. The van der Waals surface area contributed by atoms with E-state index in [0.29, 0.717) is 28.3 Å². The Labute approximate surface area is 164 Å². The van der Waals surface area contributed by atoms with Crippen LogP contribution in [0.15, 0.2) is 41.6 Å². The van der Waals surface area contributed by atoms with Crippen LogP contribution in [0.4, 0.5) is 0 Å². The van der Waals surface area contributed by atoms with Crippen LogP contribution in [-0.4, -0.2) is 25.4 Å². The van der Waals surface area contributed by atoms with Crippen molar-refractivity contribution < 1.29 is 8.95 Å². The van der Waals surface area contributed by atoms with E-state index in [1.807, 2.05) is 32.9 Å². The lowest BCUT2D eigenvalue weighted by molar-refractivity contribution is 0.440. The first-order valence-electron chi connectivity index (χ1n) is 8.42. The Morgan fingerprint density at radius 3 is 2.54 bits per heavy atom. The number of hydrogen-bond acceptors (Lipinski definition) is 7. The van der Waals surface area contributed by atoms with Gasteiger partial charge in [0, 0.05) is 29.9 Å². The highest BCUT2D eigenvalue weighted by molar-refractivity contribution is 7.91. The molecule has 8 heteroatoms. The molecule has 3 rings (SSSR count). The van der Waals surface area contributed by atoms with Gasteiger partial charge in [0.1, 0.15) is 11.0 Å². The molecule has 1 N–H and O–H groups in total. The predicted octanol–water partition coefficient (Wildman–Crippen LogP) is 4.16. The zero-order valence-corrected chi connectivity index (χ0v) is 16.8. The van der Waals surface area contributed by atoms with Gasteiger partial charge >= 0.3 is 0 Å². The van der Waals surface area contributed by atoms with Crippen molar-refractivity contribution in [2.24, 2.45) is 0 Å². The van der Waals surface area contributed by atoms with Crippen LogP contribution in [-0.2, 0) is 9.73 Å². The van der Waals surface area contributed by atoms with Crippen molar-refractivity contribution in [3.8, 4) is 29.0 Å². The first-order valence-corrected chi connectivity index (χ1v) is 10.4. The summed E-state index contributed by atoms with van der Waals surface area (Å²) in [7, 11) is -3.08. The molecule has 0 aromatic carbocycles. The van der Waals surface area contributed by atoms with E-state index in [0.717, 1.165) is 11.3 Å². The second kappa shape index (κ2) is 7.37. The largest absolute Gasteiger partial charge is 0.436 e. The van der Waals surface area contributed by atoms with Gasteiger partial charge in [-0.1, -0.05) is 0 Å². The second-order valence-electron chi connectivity index (χ2n) is 6.51. The molecule has 0 radical (unpaired) electrons. The van der Waals surface area contributed by atoms with E-state index in [-0.39, 0.29) is 10.8 Å². The van der Waals surface area contributed by atoms with Gasteiger partial charge in [0.15, 0.2) is 5.75 Å². The maximum atomic E-state index is 12.4. The van der Waals surface area contributed by atoms with Crippen LogP contribution in [0.2, 0.25) is 0 Å². The van der Waals surface area contributed by atoms with Crippen molar-refractivity contribution in [2.75, 3.05) is 6.26 Å². The maximum absolute atomic E-state index is 12.4. The molecular formula is C20H19N5O2S. The minimum atomic E-state index is -3.08. The molecule has 1 unspecified atom stereocenters. The quantitative estimate of drug-likeness (QED) is 0.712. The molecule has 3 aromatic heterocycles. The number of nitrogens with one attached hydrogen (secondary N) is 1. The number of aryl methyl sites for hydroxylation is 3. The van der Waals surface area contributed by atoms with Gasteiger partial charge in [-0.3, -0.25) is 9.97 Å². The van der Waals surface area contributed by atoms with Gasteiger partial charge in [0.25, 0.3) is 0 Å². The fraction of sp³-hybridized carbons (Fsp3) is 0.200. The summed E-state index contributed by atoms with van der Waals surface area (Å²) in [6.07, 6.45) is 4.37. The monoisotopic (exact) mass is 393 g/mol. The Morgan fingerprint density at radius 1 is 1.14 bits per heavy atom. The molecule has 0 bridgehead atoms. The molecule has 0 fully saturated rings. The van der Waals surface area contributed by atoms with E-state index in [1.165, 1.54) is 12.5 Å². The number of ether oxygens (including phenoxy) is 1. The van der Waals surface area contributed by atoms with E-state index >= 15 is 0 Å². The van der Waals surface area contributed by atoms with Crippen LogP contribution in [0.1, 0.15) is 22.5 Å². The van der Waals surface area contributed by atoms with Crippen LogP contribution in [0.3, 0.4) is 0 Å². The SMILES string of the molecule is Cc1cc(C)c(Oc2nc(-c3cncc(C#N)c3)ccc2S(C)(=N)=O)c(C)n1. The average molecular weight is 393 g/mol. The Bertz CT molecular complexity index is 1190. The number of hydrogen-bond donors (Lipinski definition) is 1. The molecule has 0 aliphatic rings. The van der Waals surface area contributed by atoms with Gasteiger partial charge < -0.3 is 4.74 Å². The van der Waals surface area contributed by atoms with Gasteiger partial charge in [0.05, 0.1) is 26.7 Å². The van der Waals surface area contributed by atoms with Crippen LogP contribution in [0.25, 0.3) is 11.3 Å². The summed E-state index contributed by atoms with van der Waals surface area (Å²) in [6.45, 7) is 5.61. The minimum absolute atomic E-state index is 0.0826. The fourth-order valence-corrected chi connectivity index (χ4v) is 3.61. The van der Waals surface area contributed by atoms with Crippen molar-refractivity contribution in [1.82, 2.24) is 15.0 Å². The standard InChI is InChI=1S/C20H19N5O2S/c1-12-7-13(2)24-14(3)19(12)27-20-18(28(4,22)26)6-5-17(25-20)16-8-15(9-21)10-23-11-16/h5-8,10-11,22H,1-4H3. The highest BCUT2D eigenvalue weighted by atomic mass is 32.2. The molecule has 28 heavy (non-hydrogen) atoms. The zero-order chi connectivity index (χ0) is 20.5. The number of pyridine rings is 3. The summed E-state index contributed by atoms with van der Waals surface area (Å²) >= 11 is 0. The lowest BCUT2D eigenvalue weighted by Crippen LogP contribution is -2.04. The van der Waals surface area contributed by atoms with E-state index in [9.17, 15) is 4.21 Å². The van der Waals surface area contributed by atoms with Crippen molar-refractivity contribution in [3.05, 3.63) is 59.2 Å². The zero-order valence-electron chi connectivity index (χ0n) is 16.0. The predicted molar refractivity (Wildman–Crippen MR) is 106 cm³/mol. The molecule has 0 aliphatic heterocycles.